The van der Waals surface area contributed by atoms with E-state index < -0.39 is 12.6 Å². The average Bonchev–Trinajstić information content (AvgIpc) is 3.45. The van der Waals surface area contributed by atoms with Gasteiger partial charge in [0.05, 0.1) is 24.2 Å². The van der Waals surface area contributed by atoms with E-state index in [4.69, 9.17) is 9.47 Å². The van der Waals surface area contributed by atoms with Gasteiger partial charge in [-0.05, 0) is 60.7 Å². The summed E-state index contributed by atoms with van der Waals surface area (Å²) in [7, 11) is 1.59. The number of fused-ring (bicyclic) bond motifs is 2. The predicted molar refractivity (Wildman–Crippen MR) is 150 cm³/mol. The van der Waals surface area contributed by atoms with Crippen LogP contribution in [0, 0.1) is 0 Å². The highest BCUT2D eigenvalue weighted by Crippen LogP contribution is 2.47. The number of hydrogen-bond donors (Lipinski definition) is 0. The van der Waals surface area contributed by atoms with E-state index in [1.165, 1.54) is 0 Å². The number of anilines is 2. The molecule has 0 atom stereocenters. The molecule has 6 rings (SSSR count). The molecule has 0 radical (unpaired) electrons. The molecule has 8 heteroatoms. The second-order valence-corrected chi connectivity index (χ2v) is 9.83. The van der Waals surface area contributed by atoms with Crippen LogP contribution in [0.1, 0.15) is 10.4 Å². The average molecular weight is 534 g/mol. The van der Waals surface area contributed by atoms with Gasteiger partial charge in [0.25, 0.3) is 5.91 Å². The molecule has 5 aromatic rings. The monoisotopic (exact) mass is 533 g/mol. The van der Waals surface area contributed by atoms with Gasteiger partial charge in [-0.3, -0.25) is 9.69 Å². The summed E-state index contributed by atoms with van der Waals surface area (Å²) in [4.78, 5) is 30.5. The number of carbonyl (C=O) groups is 2. The molecule has 0 spiro atoms. The number of carbonyl (C=O) groups excluding carboxylic acids is 2. The molecule has 1 amide bonds. The fraction of sp³-hybridized carbons (Fsp3) is 0.0645. The number of methoxy groups -OCH3 is 1. The van der Waals surface area contributed by atoms with Crippen molar-refractivity contribution in [2.75, 3.05) is 18.6 Å². The van der Waals surface area contributed by atoms with Crippen molar-refractivity contribution in [3.05, 3.63) is 115 Å². The molecule has 4 aromatic carbocycles. The van der Waals surface area contributed by atoms with Crippen molar-refractivity contribution >= 4 is 35.0 Å². The van der Waals surface area contributed by atoms with E-state index in [9.17, 15) is 9.59 Å². The Morgan fingerprint density at radius 1 is 0.795 bits per heavy atom. The lowest BCUT2D eigenvalue weighted by atomic mass is 10.1. The minimum absolute atomic E-state index is 0.256. The molecule has 0 unspecified atom stereocenters. The van der Waals surface area contributed by atoms with Gasteiger partial charge in [0.15, 0.2) is 6.61 Å². The fourth-order valence-corrected chi connectivity index (χ4v) is 5.50. The van der Waals surface area contributed by atoms with Crippen molar-refractivity contribution in [2.24, 2.45) is 0 Å². The predicted octanol–water partition coefficient (Wildman–Crippen LogP) is 6.53. The molecule has 0 saturated heterocycles. The number of esters is 1. The first-order chi connectivity index (χ1) is 19.1. The molecule has 0 N–H and O–H groups in total. The fourth-order valence-electron chi connectivity index (χ4n) is 4.44. The standard InChI is InChI=1S/C31H23N3O4S/c1-37-23-17-15-21(16-18-23)30-24(19-33(32-30)22-9-3-2-4-10-22)31(36)38-20-29(35)34-25-11-5-7-13-27(25)39-28-14-8-6-12-26(28)34/h2-19H,20H2,1H3. The summed E-state index contributed by atoms with van der Waals surface area (Å²) in [5.41, 5.74) is 3.74. The van der Waals surface area contributed by atoms with E-state index >= 15 is 0 Å². The number of rotatable bonds is 6. The van der Waals surface area contributed by atoms with E-state index in [0.29, 0.717) is 11.4 Å². The smallest absolute Gasteiger partial charge is 0.342 e. The molecular weight excluding hydrogens is 510 g/mol. The number of nitrogens with zero attached hydrogens (tertiary/aromatic N) is 3. The van der Waals surface area contributed by atoms with E-state index in [-0.39, 0.29) is 11.5 Å². The van der Waals surface area contributed by atoms with E-state index in [2.05, 4.69) is 5.10 Å². The highest BCUT2D eigenvalue weighted by atomic mass is 32.2. The Balaban J connectivity index is 1.29. The summed E-state index contributed by atoms with van der Waals surface area (Å²) >= 11 is 1.61. The summed E-state index contributed by atoms with van der Waals surface area (Å²) < 4.78 is 12.5. The van der Waals surface area contributed by atoms with E-state index in [1.54, 1.807) is 46.8 Å². The summed E-state index contributed by atoms with van der Waals surface area (Å²) in [6.45, 7) is -0.426. The zero-order chi connectivity index (χ0) is 26.8. The number of benzene rings is 4. The number of hydrogen-bond acceptors (Lipinski definition) is 6. The lowest BCUT2D eigenvalue weighted by Crippen LogP contribution is -2.32. The van der Waals surface area contributed by atoms with Crippen LogP contribution in [0.3, 0.4) is 0 Å². The van der Waals surface area contributed by atoms with Crippen molar-refractivity contribution < 1.29 is 19.1 Å². The lowest BCUT2D eigenvalue weighted by Gasteiger charge is -2.30. The van der Waals surface area contributed by atoms with Gasteiger partial charge in [-0.2, -0.15) is 5.10 Å². The van der Waals surface area contributed by atoms with Gasteiger partial charge in [-0.25, -0.2) is 9.48 Å². The zero-order valence-electron chi connectivity index (χ0n) is 21.0. The van der Waals surface area contributed by atoms with Crippen LogP contribution in [0.5, 0.6) is 5.75 Å². The van der Waals surface area contributed by atoms with Crippen molar-refractivity contribution in [3.63, 3.8) is 0 Å². The third-order valence-corrected chi connectivity index (χ3v) is 7.46. The maximum Gasteiger partial charge on any atom is 0.342 e. The normalized spacial score (nSPS) is 11.9. The molecule has 0 saturated carbocycles. The molecule has 1 aliphatic rings. The minimum atomic E-state index is -0.635. The van der Waals surface area contributed by atoms with Crippen molar-refractivity contribution in [1.82, 2.24) is 9.78 Å². The number of amides is 1. The van der Waals surface area contributed by atoms with Crippen LogP contribution >= 0.6 is 11.8 Å². The number of aromatic nitrogens is 2. The third kappa shape index (κ3) is 4.78. The molecular formula is C31H23N3O4S. The van der Waals surface area contributed by atoms with Gasteiger partial charge in [0.2, 0.25) is 0 Å². The first kappa shape index (κ1) is 24.5. The molecule has 1 aliphatic heterocycles. The van der Waals surface area contributed by atoms with Crippen LogP contribution < -0.4 is 9.64 Å². The first-order valence-electron chi connectivity index (χ1n) is 12.3. The molecule has 1 aromatic heterocycles. The number of para-hydroxylation sites is 3. The molecule has 39 heavy (non-hydrogen) atoms. The van der Waals surface area contributed by atoms with E-state index in [1.807, 2.05) is 91.0 Å². The zero-order valence-corrected chi connectivity index (χ0v) is 21.8. The van der Waals surface area contributed by atoms with Gasteiger partial charge in [0.1, 0.15) is 17.0 Å². The van der Waals surface area contributed by atoms with Crippen LogP contribution in [0.15, 0.2) is 119 Å². The van der Waals surface area contributed by atoms with Crippen LogP contribution in [-0.4, -0.2) is 35.4 Å². The largest absolute Gasteiger partial charge is 0.497 e. The Hall–Kier alpha value is -4.82. The van der Waals surface area contributed by atoms with Crippen LogP contribution in [0.25, 0.3) is 16.9 Å². The summed E-state index contributed by atoms with van der Waals surface area (Å²) in [5, 5.41) is 4.68. The van der Waals surface area contributed by atoms with Crippen molar-refractivity contribution in [1.29, 1.82) is 0 Å². The van der Waals surface area contributed by atoms with Gasteiger partial charge in [0, 0.05) is 21.6 Å². The Bertz CT molecular complexity index is 1620. The van der Waals surface area contributed by atoms with Crippen LogP contribution in [0.4, 0.5) is 11.4 Å². The second kappa shape index (κ2) is 10.5. The maximum atomic E-state index is 13.5. The Morgan fingerprint density at radius 2 is 1.41 bits per heavy atom. The van der Waals surface area contributed by atoms with Crippen LogP contribution in [-0.2, 0) is 9.53 Å². The molecule has 0 bridgehead atoms. The highest BCUT2D eigenvalue weighted by Gasteiger charge is 2.29. The summed E-state index contributed by atoms with van der Waals surface area (Å²) in [6, 6.07) is 32.1. The number of ether oxygens (including phenoxy) is 2. The Labute approximate surface area is 229 Å². The molecule has 0 fully saturated rings. The minimum Gasteiger partial charge on any atom is -0.497 e. The first-order valence-corrected chi connectivity index (χ1v) is 13.1. The van der Waals surface area contributed by atoms with Crippen molar-refractivity contribution in [2.45, 2.75) is 9.79 Å². The summed E-state index contributed by atoms with van der Waals surface area (Å²) in [6.07, 6.45) is 1.63. The molecule has 0 aliphatic carbocycles. The van der Waals surface area contributed by atoms with Gasteiger partial charge in [-0.1, -0.05) is 54.2 Å². The Morgan fingerprint density at radius 3 is 2.05 bits per heavy atom. The van der Waals surface area contributed by atoms with Gasteiger partial charge < -0.3 is 9.47 Å². The Kier molecular flexibility index (Phi) is 6.61. The SMILES string of the molecule is COc1ccc(-c2nn(-c3ccccc3)cc2C(=O)OCC(=O)N2c3ccccc3Sc3ccccc32)cc1. The van der Waals surface area contributed by atoms with Crippen molar-refractivity contribution in [3.8, 4) is 22.7 Å². The molecule has 192 valence electrons. The van der Waals surface area contributed by atoms with E-state index in [0.717, 1.165) is 32.4 Å². The maximum absolute atomic E-state index is 13.5. The molecule has 7 nitrogen and oxygen atoms in total. The highest BCUT2D eigenvalue weighted by molar-refractivity contribution is 7.99. The lowest BCUT2D eigenvalue weighted by molar-refractivity contribution is -0.121. The van der Waals surface area contributed by atoms with Crippen LogP contribution in [0.2, 0.25) is 0 Å². The van der Waals surface area contributed by atoms with Gasteiger partial charge in [-0.15, -0.1) is 0 Å². The topological polar surface area (TPSA) is 73.7 Å². The molecule has 2 heterocycles. The third-order valence-electron chi connectivity index (χ3n) is 6.33. The van der Waals surface area contributed by atoms with Gasteiger partial charge >= 0.3 is 5.97 Å². The second-order valence-electron chi connectivity index (χ2n) is 8.74. The summed E-state index contributed by atoms with van der Waals surface area (Å²) in [5.74, 6) is -0.287. The quantitative estimate of drug-likeness (QED) is 0.231.